The molecule has 2 saturated heterocycles. The first kappa shape index (κ1) is 16.2. The first-order valence-electron chi connectivity index (χ1n) is 9.45. The highest BCUT2D eigenvalue weighted by Crippen LogP contribution is 2.65. The van der Waals surface area contributed by atoms with E-state index in [0.717, 1.165) is 44.1 Å². The van der Waals surface area contributed by atoms with Crippen LogP contribution in [-0.2, 0) is 19.1 Å². The lowest BCUT2D eigenvalue weighted by Crippen LogP contribution is -2.54. The highest BCUT2D eigenvalue weighted by atomic mass is 16.6. The molecule has 0 radical (unpaired) electrons. The van der Waals surface area contributed by atoms with Gasteiger partial charge in [0.1, 0.15) is 6.10 Å². The van der Waals surface area contributed by atoms with Gasteiger partial charge in [-0.3, -0.25) is 4.79 Å². The second-order valence-electron chi connectivity index (χ2n) is 8.76. The van der Waals surface area contributed by atoms with Crippen LogP contribution in [0.25, 0.3) is 0 Å². The second-order valence-corrected chi connectivity index (χ2v) is 8.76. The molecule has 0 aromatic heterocycles. The van der Waals surface area contributed by atoms with E-state index in [9.17, 15) is 9.59 Å². The van der Waals surface area contributed by atoms with E-state index >= 15 is 0 Å². The highest BCUT2D eigenvalue weighted by Gasteiger charge is 2.64. The molecule has 4 rings (SSSR count). The van der Waals surface area contributed by atoms with Gasteiger partial charge < -0.3 is 9.47 Å². The molecule has 4 aliphatic rings. The van der Waals surface area contributed by atoms with Gasteiger partial charge in [-0.15, -0.1) is 0 Å². The van der Waals surface area contributed by atoms with E-state index in [1.165, 1.54) is 0 Å². The molecule has 24 heavy (non-hydrogen) atoms. The second kappa shape index (κ2) is 5.34. The minimum absolute atomic E-state index is 0.0187. The van der Waals surface area contributed by atoms with Crippen molar-refractivity contribution in [2.45, 2.75) is 65.4 Å². The smallest absolute Gasteiger partial charge is 0.334 e. The van der Waals surface area contributed by atoms with E-state index in [1.807, 2.05) is 0 Å². The number of ether oxygens (including phenoxy) is 2. The number of cyclic esters (lactones) is 1. The molecule has 0 spiro atoms. The van der Waals surface area contributed by atoms with Crippen LogP contribution in [0, 0.1) is 28.6 Å². The Morgan fingerprint density at radius 2 is 2.04 bits per heavy atom. The van der Waals surface area contributed by atoms with E-state index in [2.05, 4.69) is 26.8 Å². The summed E-state index contributed by atoms with van der Waals surface area (Å²) in [5.74, 6) is 0.892. The summed E-state index contributed by atoms with van der Waals surface area (Å²) in [6.45, 7) is 7.51. The van der Waals surface area contributed by atoms with Crippen molar-refractivity contribution >= 4 is 11.9 Å². The minimum atomic E-state index is -0.146. The minimum Gasteiger partial charge on any atom is -0.465 e. The van der Waals surface area contributed by atoms with Crippen molar-refractivity contribution in [3.63, 3.8) is 0 Å². The molecule has 0 N–H and O–H groups in total. The fourth-order valence-corrected chi connectivity index (χ4v) is 6.06. The summed E-state index contributed by atoms with van der Waals surface area (Å²) in [5, 5.41) is 0. The van der Waals surface area contributed by atoms with Gasteiger partial charge in [-0.25, -0.2) is 4.79 Å². The molecule has 132 valence electrons. The van der Waals surface area contributed by atoms with Crippen molar-refractivity contribution in [2.24, 2.45) is 28.6 Å². The standard InChI is InChI=1S/C20H28O4/c1-12-11-16-20(3)14(18(22)24-16)5-4-6-15(20)19(12,2)9-7-13-8-10-23-17(13)21/h5,12-13,15-16H,4,6-11H2,1-3H3. The number of allylic oxidation sites excluding steroid dienone is 1. The van der Waals surface area contributed by atoms with Crippen molar-refractivity contribution in [3.05, 3.63) is 11.6 Å². The van der Waals surface area contributed by atoms with Crippen LogP contribution in [-0.4, -0.2) is 24.6 Å². The van der Waals surface area contributed by atoms with Crippen LogP contribution in [0.15, 0.2) is 11.6 Å². The Hall–Kier alpha value is -1.32. The quantitative estimate of drug-likeness (QED) is 0.740. The molecule has 2 aliphatic carbocycles. The molecule has 0 aromatic rings. The Morgan fingerprint density at radius 1 is 1.25 bits per heavy atom. The van der Waals surface area contributed by atoms with Gasteiger partial charge >= 0.3 is 11.9 Å². The van der Waals surface area contributed by atoms with Gasteiger partial charge in [0.05, 0.1) is 12.5 Å². The number of carbonyl (C=O) groups excluding carboxylic acids is 2. The van der Waals surface area contributed by atoms with Crippen LogP contribution >= 0.6 is 0 Å². The van der Waals surface area contributed by atoms with E-state index in [4.69, 9.17) is 9.47 Å². The topological polar surface area (TPSA) is 52.6 Å². The summed E-state index contributed by atoms with van der Waals surface area (Å²) in [6.07, 6.45) is 7.95. The predicted octanol–water partition coefficient (Wildman–Crippen LogP) is 3.64. The van der Waals surface area contributed by atoms with Crippen molar-refractivity contribution in [3.8, 4) is 0 Å². The lowest BCUT2D eigenvalue weighted by atomic mass is 9.46. The lowest BCUT2D eigenvalue weighted by molar-refractivity contribution is -0.150. The van der Waals surface area contributed by atoms with Gasteiger partial charge in [-0.2, -0.15) is 0 Å². The number of rotatable bonds is 3. The summed E-state index contributed by atoms with van der Waals surface area (Å²) in [4.78, 5) is 24.2. The zero-order chi connectivity index (χ0) is 17.1. The molecule has 6 atom stereocenters. The lowest BCUT2D eigenvalue weighted by Gasteiger charge is -2.57. The van der Waals surface area contributed by atoms with Crippen LogP contribution in [0.4, 0.5) is 0 Å². The van der Waals surface area contributed by atoms with Crippen molar-refractivity contribution in [2.75, 3.05) is 6.61 Å². The molecule has 4 nitrogen and oxygen atoms in total. The van der Waals surface area contributed by atoms with Crippen LogP contribution in [0.1, 0.15) is 59.3 Å². The number of hydrogen-bond donors (Lipinski definition) is 0. The molecule has 0 amide bonds. The molecule has 0 bridgehead atoms. The van der Waals surface area contributed by atoms with Crippen LogP contribution in [0.5, 0.6) is 0 Å². The van der Waals surface area contributed by atoms with Gasteiger partial charge in [0.25, 0.3) is 0 Å². The van der Waals surface area contributed by atoms with Crippen molar-refractivity contribution in [1.29, 1.82) is 0 Å². The Balaban J connectivity index is 1.62. The van der Waals surface area contributed by atoms with Crippen LogP contribution in [0.3, 0.4) is 0 Å². The Morgan fingerprint density at radius 3 is 2.75 bits per heavy atom. The van der Waals surface area contributed by atoms with E-state index in [-0.39, 0.29) is 34.8 Å². The zero-order valence-corrected chi connectivity index (χ0v) is 15.0. The monoisotopic (exact) mass is 332 g/mol. The van der Waals surface area contributed by atoms with Crippen molar-refractivity contribution < 1.29 is 19.1 Å². The summed E-state index contributed by atoms with van der Waals surface area (Å²) in [5.41, 5.74) is 0.913. The van der Waals surface area contributed by atoms with Crippen LogP contribution in [0.2, 0.25) is 0 Å². The molecule has 4 heteroatoms. The highest BCUT2D eigenvalue weighted by molar-refractivity contribution is 5.93. The van der Waals surface area contributed by atoms with Crippen molar-refractivity contribution in [1.82, 2.24) is 0 Å². The Bertz CT molecular complexity index is 609. The fourth-order valence-electron chi connectivity index (χ4n) is 6.06. The maximum Gasteiger partial charge on any atom is 0.334 e. The first-order chi connectivity index (χ1) is 11.4. The summed E-state index contributed by atoms with van der Waals surface area (Å²) in [7, 11) is 0. The Labute approximate surface area is 144 Å². The normalized spacial score (nSPS) is 47.0. The van der Waals surface area contributed by atoms with E-state index in [1.54, 1.807) is 0 Å². The number of esters is 2. The van der Waals surface area contributed by atoms with Crippen LogP contribution < -0.4 is 0 Å². The molecule has 0 aromatic carbocycles. The third kappa shape index (κ3) is 2.04. The SMILES string of the molecule is CC1CC2OC(=O)C3=CCCC(C1(C)CCC1CCOC1=O)C32C. The molecule has 1 saturated carbocycles. The average Bonchev–Trinajstić information content (AvgIpc) is 3.05. The fraction of sp³-hybridized carbons (Fsp3) is 0.800. The molecule has 2 heterocycles. The summed E-state index contributed by atoms with van der Waals surface area (Å²) >= 11 is 0. The number of carbonyl (C=O) groups is 2. The van der Waals surface area contributed by atoms with E-state index < -0.39 is 0 Å². The summed E-state index contributed by atoms with van der Waals surface area (Å²) in [6, 6.07) is 0. The third-order valence-electron chi connectivity index (χ3n) is 7.81. The molecule has 3 fully saturated rings. The molecule has 2 aliphatic heterocycles. The van der Waals surface area contributed by atoms with Gasteiger partial charge in [-0.05, 0) is 55.8 Å². The summed E-state index contributed by atoms with van der Waals surface area (Å²) < 4.78 is 10.9. The maximum absolute atomic E-state index is 12.3. The largest absolute Gasteiger partial charge is 0.465 e. The molecular weight excluding hydrogens is 304 g/mol. The number of hydrogen-bond acceptors (Lipinski definition) is 4. The first-order valence-corrected chi connectivity index (χ1v) is 9.45. The zero-order valence-electron chi connectivity index (χ0n) is 15.0. The predicted molar refractivity (Wildman–Crippen MR) is 89.0 cm³/mol. The van der Waals surface area contributed by atoms with E-state index in [0.29, 0.717) is 18.4 Å². The van der Waals surface area contributed by atoms with Gasteiger partial charge in [0.15, 0.2) is 0 Å². The van der Waals surface area contributed by atoms with Gasteiger partial charge in [0, 0.05) is 11.0 Å². The maximum atomic E-state index is 12.3. The average molecular weight is 332 g/mol. The third-order valence-corrected chi connectivity index (χ3v) is 7.81. The molecular formula is C20H28O4. The van der Waals surface area contributed by atoms with Gasteiger partial charge in [-0.1, -0.05) is 26.8 Å². The van der Waals surface area contributed by atoms with Gasteiger partial charge in [0.2, 0.25) is 0 Å². The Kier molecular flexibility index (Phi) is 3.59. The molecule has 6 unspecified atom stereocenters.